The largest absolute Gasteiger partial charge is 0.492 e. The third-order valence-corrected chi connectivity index (χ3v) is 4.44. The third kappa shape index (κ3) is 4.57. The number of rotatable bonds is 7. The maximum Gasteiger partial charge on any atom is 0.229 e. The van der Waals surface area contributed by atoms with Gasteiger partial charge in [-0.1, -0.05) is 18.2 Å². The van der Waals surface area contributed by atoms with Gasteiger partial charge in [0.25, 0.3) is 0 Å². The zero-order valence-corrected chi connectivity index (χ0v) is 14.6. The first-order chi connectivity index (χ1) is 12.3. The second-order valence-corrected chi connectivity index (χ2v) is 6.28. The molecule has 132 valence electrons. The van der Waals surface area contributed by atoms with Gasteiger partial charge in [-0.15, -0.1) is 0 Å². The minimum Gasteiger partial charge on any atom is -0.492 e. The van der Waals surface area contributed by atoms with Gasteiger partial charge in [0.2, 0.25) is 5.91 Å². The minimum absolute atomic E-state index is 0.140. The number of ether oxygens (including phenoxy) is 2. The molecule has 1 aliphatic heterocycles. The summed E-state index contributed by atoms with van der Waals surface area (Å²) in [5, 5.41) is 0. The van der Waals surface area contributed by atoms with E-state index < -0.39 is 0 Å². The van der Waals surface area contributed by atoms with E-state index in [1.54, 1.807) is 19.5 Å². The summed E-state index contributed by atoms with van der Waals surface area (Å²) in [7, 11) is 1.68. The van der Waals surface area contributed by atoms with Crippen molar-refractivity contribution in [2.75, 3.05) is 26.9 Å². The number of carbonyl (C=O) groups excluding carboxylic acids is 1. The highest BCUT2D eigenvalue weighted by Gasteiger charge is 2.29. The van der Waals surface area contributed by atoms with Crippen LogP contribution in [0.4, 0.5) is 0 Å². The van der Waals surface area contributed by atoms with E-state index >= 15 is 0 Å². The molecule has 1 atom stereocenters. The average molecular weight is 340 g/mol. The van der Waals surface area contributed by atoms with Crippen LogP contribution in [0.2, 0.25) is 0 Å². The summed E-state index contributed by atoms with van der Waals surface area (Å²) in [6.45, 7) is 2.34. The molecule has 5 heteroatoms. The zero-order chi connectivity index (χ0) is 17.5. The summed E-state index contributed by atoms with van der Waals surface area (Å²) in [6.07, 6.45) is 5.06. The Kier molecular flexibility index (Phi) is 6.01. The van der Waals surface area contributed by atoms with Crippen molar-refractivity contribution in [3.63, 3.8) is 0 Å². The van der Waals surface area contributed by atoms with E-state index in [1.807, 2.05) is 41.3 Å². The van der Waals surface area contributed by atoms with Gasteiger partial charge in [0.05, 0.1) is 5.92 Å². The lowest BCUT2D eigenvalue weighted by molar-refractivity contribution is -0.137. The van der Waals surface area contributed by atoms with Crippen LogP contribution in [0.15, 0.2) is 48.8 Å². The van der Waals surface area contributed by atoms with Crippen molar-refractivity contribution in [1.82, 2.24) is 9.88 Å². The van der Waals surface area contributed by atoms with Crippen molar-refractivity contribution < 1.29 is 14.3 Å². The first-order valence-corrected chi connectivity index (χ1v) is 8.65. The maximum absolute atomic E-state index is 13.1. The van der Waals surface area contributed by atoms with Crippen molar-refractivity contribution in [3.8, 4) is 5.75 Å². The number of hydrogen-bond acceptors (Lipinski definition) is 4. The van der Waals surface area contributed by atoms with E-state index in [-0.39, 0.29) is 11.8 Å². The SMILES string of the molecule is COCCCN(Cc1ccncc1)C(=O)[C@@H]1COc2ccccc2C1. The maximum atomic E-state index is 13.1. The number of fused-ring (bicyclic) bond motifs is 1. The summed E-state index contributed by atoms with van der Waals surface area (Å²) in [6, 6.07) is 11.8. The Balaban J connectivity index is 1.70. The van der Waals surface area contributed by atoms with Crippen molar-refractivity contribution in [2.24, 2.45) is 5.92 Å². The molecule has 3 rings (SSSR count). The molecule has 1 aliphatic rings. The fraction of sp³-hybridized carbons (Fsp3) is 0.400. The van der Waals surface area contributed by atoms with Gasteiger partial charge in [0.15, 0.2) is 0 Å². The quantitative estimate of drug-likeness (QED) is 0.727. The smallest absolute Gasteiger partial charge is 0.229 e. The van der Waals surface area contributed by atoms with Gasteiger partial charge in [-0.25, -0.2) is 0 Å². The first-order valence-electron chi connectivity index (χ1n) is 8.65. The topological polar surface area (TPSA) is 51.7 Å². The molecular weight excluding hydrogens is 316 g/mol. The molecule has 0 unspecified atom stereocenters. The van der Waals surface area contributed by atoms with Crippen LogP contribution in [-0.4, -0.2) is 42.7 Å². The lowest BCUT2D eigenvalue weighted by Crippen LogP contribution is -2.41. The van der Waals surface area contributed by atoms with E-state index in [9.17, 15) is 4.79 Å². The van der Waals surface area contributed by atoms with Crippen molar-refractivity contribution in [1.29, 1.82) is 0 Å². The number of hydrogen-bond donors (Lipinski definition) is 0. The summed E-state index contributed by atoms with van der Waals surface area (Å²) >= 11 is 0. The lowest BCUT2D eigenvalue weighted by Gasteiger charge is -2.30. The van der Waals surface area contributed by atoms with E-state index in [4.69, 9.17) is 9.47 Å². The molecular formula is C20H24N2O3. The molecule has 0 spiro atoms. The number of benzene rings is 1. The van der Waals surface area contributed by atoms with Crippen LogP contribution in [0.3, 0.4) is 0 Å². The molecule has 0 saturated heterocycles. The van der Waals surface area contributed by atoms with Gasteiger partial charge in [-0.05, 0) is 42.2 Å². The van der Waals surface area contributed by atoms with E-state index in [1.165, 1.54) is 0 Å². The second kappa shape index (κ2) is 8.62. The molecule has 1 amide bonds. The molecule has 0 radical (unpaired) electrons. The van der Waals surface area contributed by atoms with Crippen molar-refractivity contribution in [3.05, 3.63) is 59.9 Å². The number of amides is 1. The average Bonchev–Trinajstić information content (AvgIpc) is 2.67. The van der Waals surface area contributed by atoms with Crippen molar-refractivity contribution in [2.45, 2.75) is 19.4 Å². The standard InChI is InChI=1S/C20H24N2O3/c1-24-12-4-11-22(14-16-7-9-21-10-8-16)20(23)18-13-17-5-2-3-6-19(17)25-15-18/h2-3,5-10,18H,4,11-15H2,1H3/t18-/m0/s1. The predicted octanol–water partition coefficient (Wildman–Crippen LogP) is 2.70. The fourth-order valence-corrected chi connectivity index (χ4v) is 3.12. The molecule has 2 heterocycles. The highest BCUT2D eigenvalue weighted by atomic mass is 16.5. The first kappa shape index (κ1) is 17.4. The van der Waals surface area contributed by atoms with Gasteiger partial charge in [0.1, 0.15) is 12.4 Å². The van der Waals surface area contributed by atoms with Gasteiger partial charge >= 0.3 is 0 Å². The Hall–Kier alpha value is -2.40. The Labute approximate surface area is 148 Å². The Bertz CT molecular complexity index is 690. The zero-order valence-electron chi connectivity index (χ0n) is 14.6. The second-order valence-electron chi connectivity index (χ2n) is 6.28. The van der Waals surface area contributed by atoms with Crippen molar-refractivity contribution >= 4 is 5.91 Å². The molecule has 2 aromatic rings. The van der Waals surface area contributed by atoms with Gasteiger partial charge in [-0.2, -0.15) is 0 Å². The monoisotopic (exact) mass is 340 g/mol. The van der Waals surface area contributed by atoms with Gasteiger partial charge < -0.3 is 14.4 Å². The summed E-state index contributed by atoms with van der Waals surface area (Å²) < 4.78 is 10.9. The molecule has 1 aromatic heterocycles. The van der Waals surface area contributed by atoms with Crippen LogP contribution in [-0.2, 0) is 22.5 Å². The molecule has 0 aliphatic carbocycles. The normalized spacial score (nSPS) is 16.0. The third-order valence-electron chi connectivity index (χ3n) is 4.44. The van der Waals surface area contributed by atoms with Gasteiger partial charge in [0, 0.05) is 39.2 Å². The lowest BCUT2D eigenvalue weighted by atomic mass is 9.95. The molecule has 25 heavy (non-hydrogen) atoms. The Morgan fingerprint density at radius 1 is 1.28 bits per heavy atom. The molecule has 0 fully saturated rings. The molecule has 0 N–H and O–H groups in total. The van der Waals surface area contributed by atoms with E-state index in [0.717, 1.165) is 29.7 Å². The Morgan fingerprint density at radius 2 is 2.08 bits per heavy atom. The van der Waals surface area contributed by atoms with Crippen LogP contribution in [0.1, 0.15) is 17.5 Å². The summed E-state index contributed by atoms with van der Waals surface area (Å²) in [5.41, 5.74) is 2.19. The number of nitrogens with zero attached hydrogens (tertiary/aromatic N) is 2. The van der Waals surface area contributed by atoms with Crippen LogP contribution in [0.25, 0.3) is 0 Å². The number of methoxy groups -OCH3 is 1. The van der Waals surface area contributed by atoms with Crippen LogP contribution < -0.4 is 4.74 Å². The molecule has 0 saturated carbocycles. The molecule has 1 aromatic carbocycles. The predicted molar refractivity (Wildman–Crippen MR) is 95.3 cm³/mol. The highest BCUT2D eigenvalue weighted by Crippen LogP contribution is 2.28. The molecule has 5 nitrogen and oxygen atoms in total. The van der Waals surface area contributed by atoms with Crippen LogP contribution in [0.5, 0.6) is 5.75 Å². The summed E-state index contributed by atoms with van der Waals surface area (Å²) in [4.78, 5) is 19.1. The fourth-order valence-electron chi connectivity index (χ4n) is 3.12. The van der Waals surface area contributed by atoms with Crippen LogP contribution in [0, 0.1) is 5.92 Å². The number of para-hydroxylation sites is 1. The van der Waals surface area contributed by atoms with E-state index in [2.05, 4.69) is 4.98 Å². The number of pyridine rings is 1. The van der Waals surface area contributed by atoms with E-state index in [0.29, 0.717) is 26.3 Å². The highest BCUT2D eigenvalue weighted by molar-refractivity contribution is 5.79. The van der Waals surface area contributed by atoms with Crippen LogP contribution >= 0.6 is 0 Å². The molecule has 0 bridgehead atoms. The Morgan fingerprint density at radius 3 is 2.88 bits per heavy atom. The van der Waals surface area contributed by atoms with Gasteiger partial charge in [-0.3, -0.25) is 9.78 Å². The summed E-state index contributed by atoms with van der Waals surface area (Å²) in [5.74, 6) is 0.897. The minimum atomic E-state index is -0.140. The number of carbonyl (C=O) groups is 1. The number of aromatic nitrogens is 1.